The summed E-state index contributed by atoms with van der Waals surface area (Å²) in [7, 11) is 0. The van der Waals surface area contributed by atoms with Crippen LogP contribution in [0.2, 0.25) is 0 Å². The second kappa shape index (κ2) is 13.5. The Morgan fingerprint density at radius 2 is 1.57 bits per heavy atom. The van der Waals surface area contributed by atoms with Crippen molar-refractivity contribution in [1.29, 1.82) is 0 Å². The first-order valence-electron chi connectivity index (χ1n) is 13.3. The Morgan fingerprint density at radius 1 is 0.865 bits per heavy atom. The fourth-order valence-electron chi connectivity index (χ4n) is 4.95. The van der Waals surface area contributed by atoms with Gasteiger partial charge in [-0.25, -0.2) is 0 Å². The summed E-state index contributed by atoms with van der Waals surface area (Å²) in [5.41, 5.74) is 5.70. The van der Waals surface area contributed by atoms with Crippen molar-refractivity contribution in [2.75, 3.05) is 5.75 Å². The van der Waals surface area contributed by atoms with E-state index in [1.54, 1.807) is 11.8 Å². The highest BCUT2D eigenvalue weighted by Crippen LogP contribution is 2.21. The monoisotopic (exact) mass is 514 g/mol. The lowest BCUT2D eigenvalue weighted by molar-refractivity contribution is -0.139. The molecule has 194 valence electrons. The molecule has 1 N–H and O–H groups in total. The zero-order valence-electron chi connectivity index (χ0n) is 22.0. The molecule has 2 amide bonds. The van der Waals surface area contributed by atoms with E-state index in [1.807, 2.05) is 35.2 Å². The molecule has 4 rings (SSSR count). The smallest absolute Gasteiger partial charge is 0.243 e. The molecule has 0 radical (unpaired) electrons. The average Bonchev–Trinajstić information content (AvgIpc) is 3.41. The standard InChI is InChI=1S/C32H38N2O2S/c1-24-15-17-27(18-16-24)21-34(31(35)23-37-22-28-12-8-9-25(2)19-28)30(20-26-10-4-3-5-11-26)32(36)33-29-13-6-7-14-29/h3-5,8-12,15-19,29-30H,6-7,13-14,20-23H2,1-2H3,(H,33,36)/t30-/m1/s1. The maximum Gasteiger partial charge on any atom is 0.243 e. The summed E-state index contributed by atoms with van der Waals surface area (Å²) in [6.45, 7) is 4.56. The molecule has 3 aromatic rings. The number of nitrogens with one attached hydrogen (secondary N) is 1. The SMILES string of the molecule is Cc1ccc(CN(C(=O)CSCc2cccc(C)c2)[C@H](Cc2ccccc2)C(=O)NC2CCCC2)cc1. The Kier molecular flexibility index (Phi) is 9.84. The molecule has 1 atom stereocenters. The first-order chi connectivity index (χ1) is 18.0. The summed E-state index contributed by atoms with van der Waals surface area (Å²) in [4.78, 5) is 29.3. The third kappa shape index (κ3) is 8.22. The molecule has 0 aromatic heterocycles. The van der Waals surface area contributed by atoms with Crippen LogP contribution in [0.4, 0.5) is 0 Å². The number of rotatable bonds is 11. The van der Waals surface area contributed by atoms with Gasteiger partial charge in [0, 0.05) is 24.8 Å². The molecule has 1 aliphatic carbocycles. The summed E-state index contributed by atoms with van der Waals surface area (Å²) in [6, 6.07) is 26.3. The molecule has 0 saturated heterocycles. The Labute approximate surface area is 225 Å². The second-order valence-corrected chi connectivity index (χ2v) is 11.2. The van der Waals surface area contributed by atoms with Gasteiger partial charge in [-0.3, -0.25) is 9.59 Å². The number of hydrogen-bond acceptors (Lipinski definition) is 3. The molecule has 37 heavy (non-hydrogen) atoms. The van der Waals surface area contributed by atoms with Crippen molar-refractivity contribution in [1.82, 2.24) is 10.2 Å². The molecule has 3 aromatic carbocycles. The number of carbonyl (C=O) groups is 2. The molecule has 4 nitrogen and oxygen atoms in total. The maximum atomic E-state index is 13.8. The van der Waals surface area contributed by atoms with E-state index in [-0.39, 0.29) is 17.9 Å². The van der Waals surface area contributed by atoms with Gasteiger partial charge in [0.1, 0.15) is 6.04 Å². The molecule has 0 aliphatic heterocycles. The number of aryl methyl sites for hydroxylation is 2. The van der Waals surface area contributed by atoms with Crippen molar-refractivity contribution in [3.8, 4) is 0 Å². The van der Waals surface area contributed by atoms with E-state index in [1.165, 1.54) is 16.7 Å². The van der Waals surface area contributed by atoms with Crippen molar-refractivity contribution in [2.45, 2.75) is 70.3 Å². The van der Waals surface area contributed by atoms with Crippen LogP contribution >= 0.6 is 11.8 Å². The minimum absolute atomic E-state index is 0.000677. The maximum absolute atomic E-state index is 13.8. The summed E-state index contributed by atoms with van der Waals surface area (Å²) in [5, 5.41) is 3.28. The van der Waals surface area contributed by atoms with E-state index in [2.05, 4.69) is 67.7 Å². The van der Waals surface area contributed by atoms with Crippen molar-refractivity contribution in [3.05, 3.63) is 107 Å². The molecule has 5 heteroatoms. The lowest BCUT2D eigenvalue weighted by atomic mass is 10.0. The van der Waals surface area contributed by atoms with Gasteiger partial charge in [-0.2, -0.15) is 0 Å². The van der Waals surface area contributed by atoms with Crippen molar-refractivity contribution in [3.63, 3.8) is 0 Å². The van der Waals surface area contributed by atoms with E-state index in [0.29, 0.717) is 18.7 Å². The van der Waals surface area contributed by atoms with Crippen LogP contribution in [0, 0.1) is 13.8 Å². The van der Waals surface area contributed by atoms with Crippen LogP contribution < -0.4 is 5.32 Å². The first kappa shape index (κ1) is 27.0. The van der Waals surface area contributed by atoms with E-state index in [4.69, 9.17) is 0 Å². The fraction of sp³-hybridized carbons (Fsp3) is 0.375. The average molecular weight is 515 g/mol. The molecular formula is C32H38N2O2S. The van der Waals surface area contributed by atoms with Gasteiger partial charge in [-0.1, -0.05) is 103 Å². The predicted octanol–water partition coefficient (Wildman–Crippen LogP) is 6.24. The largest absolute Gasteiger partial charge is 0.352 e. The molecule has 1 aliphatic rings. The lowest BCUT2D eigenvalue weighted by Gasteiger charge is -2.32. The van der Waals surface area contributed by atoms with Crippen LogP contribution in [-0.2, 0) is 28.3 Å². The lowest BCUT2D eigenvalue weighted by Crippen LogP contribution is -2.52. The van der Waals surface area contributed by atoms with E-state index < -0.39 is 6.04 Å². The highest BCUT2D eigenvalue weighted by molar-refractivity contribution is 7.99. The summed E-state index contributed by atoms with van der Waals surface area (Å²) >= 11 is 1.61. The van der Waals surface area contributed by atoms with Gasteiger partial charge in [0.2, 0.25) is 11.8 Å². The highest BCUT2D eigenvalue weighted by atomic mass is 32.2. The number of thioether (sulfide) groups is 1. The quantitative estimate of drug-likeness (QED) is 0.330. The van der Waals surface area contributed by atoms with Crippen molar-refractivity contribution >= 4 is 23.6 Å². The fourth-order valence-corrected chi connectivity index (χ4v) is 5.81. The number of carbonyl (C=O) groups excluding carboxylic acids is 2. The second-order valence-electron chi connectivity index (χ2n) is 10.2. The Hall–Kier alpha value is -3.05. The third-order valence-electron chi connectivity index (χ3n) is 7.02. The highest BCUT2D eigenvalue weighted by Gasteiger charge is 2.32. The minimum Gasteiger partial charge on any atom is -0.352 e. The molecule has 1 saturated carbocycles. The molecular weight excluding hydrogens is 476 g/mol. The van der Waals surface area contributed by atoms with E-state index in [9.17, 15) is 9.59 Å². The molecule has 0 heterocycles. The topological polar surface area (TPSA) is 49.4 Å². The Morgan fingerprint density at radius 3 is 2.27 bits per heavy atom. The zero-order chi connectivity index (χ0) is 26.0. The number of amides is 2. The third-order valence-corrected chi connectivity index (χ3v) is 8.01. The zero-order valence-corrected chi connectivity index (χ0v) is 22.8. The van der Waals surface area contributed by atoms with Crippen LogP contribution in [0.25, 0.3) is 0 Å². The normalized spacial score (nSPS) is 14.3. The van der Waals surface area contributed by atoms with Crippen molar-refractivity contribution in [2.24, 2.45) is 0 Å². The van der Waals surface area contributed by atoms with Crippen LogP contribution in [-0.4, -0.2) is 34.6 Å². The van der Waals surface area contributed by atoms with E-state index in [0.717, 1.165) is 42.6 Å². The van der Waals surface area contributed by atoms with Crippen LogP contribution in [0.3, 0.4) is 0 Å². The number of hydrogen-bond donors (Lipinski definition) is 1. The minimum atomic E-state index is -0.559. The molecule has 0 spiro atoms. The van der Waals surface area contributed by atoms with Crippen LogP contribution in [0.5, 0.6) is 0 Å². The number of nitrogens with zero attached hydrogens (tertiary/aromatic N) is 1. The predicted molar refractivity (Wildman–Crippen MR) is 153 cm³/mol. The van der Waals surface area contributed by atoms with Crippen LogP contribution in [0.1, 0.15) is 53.5 Å². The van der Waals surface area contributed by atoms with Gasteiger partial charge >= 0.3 is 0 Å². The molecule has 1 fully saturated rings. The molecule has 0 unspecified atom stereocenters. The van der Waals surface area contributed by atoms with Gasteiger partial charge in [0.25, 0.3) is 0 Å². The van der Waals surface area contributed by atoms with Gasteiger partial charge in [0.05, 0.1) is 5.75 Å². The summed E-state index contributed by atoms with van der Waals surface area (Å²) in [5.74, 6) is 1.06. The number of benzene rings is 3. The van der Waals surface area contributed by atoms with Gasteiger partial charge in [-0.05, 0) is 43.4 Å². The van der Waals surface area contributed by atoms with Gasteiger partial charge in [-0.15, -0.1) is 11.8 Å². The van der Waals surface area contributed by atoms with Gasteiger partial charge < -0.3 is 10.2 Å². The Bertz CT molecular complexity index is 1160. The Balaban J connectivity index is 1.56. The summed E-state index contributed by atoms with van der Waals surface area (Å²) < 4.78 is 0. The van der Waals surface area contributed by atoms with Gasteiger partial charge in [0.15, 0.2) is 0 Å². The van der Waals surface area contributed by atoms with Crippen molar-refractivity contribution < 1.29 is 9.59 Å². The summed E-state index contributed by atoms with van der Waals surface area (Å²) in [6.07, 6.45) is 4.83. The molecule has 0 bridgehead atoms. The van der Waals surface area contributed by atoms with Crippen LogP contribution in [0.15, 0.2) is 78.9 Å². The van der Waals surface area contributed by atoms with E-state index >= 15 is 0 Å². The first-order valence-corrected chi connectivity index (χ1v) is 14.5.